The minimum absolute atomic E-state index is 0.161. The normalized spacial score (nSPS) is 21.4. The number of aliphatic hydroxyl groups is 1. The van der Waals surface area contributed by atoms with E-state index in [-0.39, 0.29) is 19.1 Å². The first-order valence-corrected chi connectivity index (χ1v) is 5.57. The van der Waals surface area contributed by atoms with Crippen LogP contribution in [0.15, 0.2) is 4.52 Å². The number of hydrogen-bond acceptors (Lipinski definition) is 5. The number of carbonyl (C=O) groups is 1. The van der Waals surface area contributed by atoms with Gasteiger partial charge in [-0.15, -0.1) is 0 Å². The van der Waals surface area contributed by atoms with E-state index in [1.54, 1.807) is 18.7 Å². The Hall–Kier alpha value is -1.40. The number of hydrogen-bond donors (Lipinski definition) is 1. The fraction of sp³-hybridized carbons (Fsp3) is 0.636. The monoisotopic (exact) mass is 240 g/mol. The average Bonchev–Trinajstić information content (AvgIpc) is 2.51. The van der Waals surface area contributed by atoms with Crippen LogP contribution in [0.25, 0.3) is 0 Å². The van der Waals surface area contributed by atoms with Crippen molar-refractivity contribution < 1.29 is 19.2 Å². The van der Waals surface area contributed by atoms with E-state index >= 15 is 0 Å². The fourth-order valence-electron chi connectivity index (χ4n) is 1.92. The molecule has 0 saturated carbocycles. The molecule has 1 aromatic rings. The Labute approximate surface area is 99.1 Å². The number of rotatable bonds is 1. The van der Waals surface area contributed by atoms with Crippen molar-refractivity contribution in [2.45, 2.75) is 20.0 Å². The summed E-state index contributed by atoms with van der Waals surface area (Å²) in [6.07, 6.45) is -0.637. The molecule has 2 rings (SSSR count). The van der Waals surface area contributed by atoms with Crippen molar-refractivity contribution in [3.63, 3.8) is 0 Å². The van der Waals surface area contributed by atoms with Crippen LogP contribution in [0.1, 0.15) is 21.8 Å². The number of β-amino-alcohol motifs (C(OH)–C–C–N with tert-alkyl or cyclic N) is 1. The second kappa shape index (κ2) is 4.85. The highest BCUT2D eigenvalue weighted by Crippen LogP contribution is 2.16. The lowest BCUT2D eigenvalue weighted by atomic mass is 10.1. The summed E-state index contributed by atoms with van der Waals surface area (Å²) in [7, 11) is 0. The molecule has 0 aliphatic carbocycles. The van der Waals surface area contributed by atoms with Crippen LogP contribution in [0, 0.1) is 13.8 Å². The Morgan fingerprint density at radius 3 is 2.94 bits per heavy atom. The first-order chi connectivity index (χ1) is 8.09. The van der Waals surface area contributed by atoms with Gasteiger partial charge >= 0.3 is 0 Å². The summed E-state index contributed by atoms with van der Waals surface area (Å²) in [5, 5.41) is 13.3. The maximum atomic E-state index is 12.3. The van der Waals surface area contributed by atoms with Crippen molar-refractivity contribution in [1.29, 1.82) is 0 Å². The first-order valence-electron chi connectivity index (χ1n) is 5.57. The van der Waals surface area contributed by atoms with Crippen LogP contribution in [-0.2, 0) is 4.74 Å². The van der Waals surface area contributed by atoms with Gasteiger partial charge in [-0.1, -0.05) is 5.16 Å². The van der Waals surface area contributed by atoms with Crippen molar-refractivity contribution in [3.05, 3.63) is 17.0 Å². The number of ether oxygens (including phenoxy) is 1. The molecular weight excluding hydrogens is 224 g/mol. The van der Waals surface area contributed by atoms with Gasteiger partial charge in [-0.25, -0.2) is 0 Å². The molecule has 0 unspecified atom stereocenters. The van der Waals surface area contributed by atoms with E-state index in [4.69, 9.17) is 9.26 Å². The molecule has 1 amide bonds. The lowest BCUT2D eigenvalue weighted by molar-refractivity contribution is 0.0533. The Morgan fingerprint density at radius 2 is 2.29 bits per heavy atom. The van der Waals surface area contributed by atoms with E-state index in [9.17, 15) is 9.90 Å². The predicted molar refractivity (Wildman–Crippen MR) is 58.7 cm³/mol. The van der Waals surface area contributed by atoms with Gasteiger partial charge in [0.25, 0.3) is 5.91 Å². The van der Waals surface area contributed by atoms with Gasteiger partial charge < -0.3 is 19.3 Å². The largest absolute Gasteiger partial charge is 0.389 e. The van der Waals surface area contributed by atoms with Crippen molar-refractivity contribution >= 4 is 5.91 Å². The van der Waals surface area contributed by atoms with Crippen LogP contribution < -0.4 is 0 Å². The molecule has 94 valence electrons. The summed E-state index contributed by atoms with van der Waals surface area (Å²) in [6.45, 7) is 4.90. The zero-order chi connectivity index (χ0) is 12.4. The Bertz CT molecular complexity index is 396. The SMILES string of the molecule is Cc1noc(C)c1C(=O)N1CCOC[C@@H](O)C1. The van der Waals surface area contributed by atoms with Crippen LogP contribution in [0.3, 0.4) is 0 Å². The highest BCUT2D eigenvalue weighted by atomic mass is 16.5. The minimum Gasteiger partial charge on any atom is -0.389 e. The summed E-state index contributed by atoms with van der Waals surface area (Å²) in [4.78, 5) is 13.8. The molecular formula is C11H16N2O4. The van der Waals surface area contributed by atoms with Crippen molar-refractivity contribution in [3.8, 4) is 0 Å². The van der Waals surface area contributed by atoms with Crippen molar-refractivity contribution in [1.82, 2.24) is 10.1 Å². The molecule has 17 heavy (non-hydrogen) atoms. The number of amides is 1. The van der Waals surface area contributed by atoms with Gasteiger partial charge in [-0.2, -0.15) is 0 Å². The first kappa shape index (κ1) is 12.1. The van der Waals surface area contributed by atoms with E-state index in [2.05, 4.69) is 5.16 Å². The average molecular weight is 240 g/mol. The minimum atomic E-state index is -0.637. The molecule has 1 aromatic heterocycles. The second-order valence-electron chi connectivity index (χ2n) is 4.18. The maximum absolute atomic E-state index is 12.3. The van der Waals surface area contributed by atoms with Gasteiger partial charge in [0, 0.05) is 13.1 Å². The van der Waals surface area contributed by atoms with Crippen LogP contribution in [0.2, 0.25) is 0 Å². The second-order valence-corrected chi connectivity index (χ2v) is 4.18. The molecule has 6 nitrogen and oxygen atoms in total. The van der Waals surface area contributed by atoms with Crippen LogP contribution in [0.5, 0.6) is 0 Å². The Balaban J connectivity index is 2.19. The molecule has 1 aliphatic heterocycles. The topological polar surface area (TPSA) is 75.8 Å². The van der Waals surface area contributed by atoms with Crippen molar-refractivity contribution in [2.75, 3.05) is 26.3 Å². The molecule has 1 aliphatic rings. The quantitative estimate of drug-likeness (QED) is 0.754. The molecule has 0 aromatic carbocycles. The molecule has 1 fully saturated rings. The molecule has 2 heterocycles. The molecule has 1 atom stereocenters. The number of aliphatic hydroxyl groups excluding tert-OH is 1. The zero-order valence-electron chi connectivity index (χ0n) is 9.97. The standard InChI is InChI=1S/C11H16N2O4/c1-7-10(8(2)17-12-7)11(15)13-3-4-16-6-9(14)5-13/h9,14H,3-6H2,1-2H3/t9-/m0/s1. The van der Waals surface area contributed by atoms with Gasteiger partial charge in [-0.3, -0.25) is 4.79 Å². The zero-order valence-corrected chi connectivity index (χ0v) is 9.97. The van der Waals surface area contributed by atoms with Crippen LogP contribution in [-0.4, -0.2) is 53.5 Å². The van der Waals surface area contributed by atoms with E-state index in [0.717, 1.165) is 0 Å². The molecule has 1 N–H and O–H groups in total. The lowest BCUT2D eigenvalue weighted by Crippen LogP contribution is -2.38. The molecule has 0 spiro atoms. The van der Waals surface area contributed by atoms with E-state index in [0.29, 0.717) is 30.2 Å². The summed E-state index contributed by atoms with van der Waals surface area (Å²) < 4.78 is 10.2. The van der Waals surface area contributed by atoms with Gasteiger partial charge in [0.15, 0.2) is 0 Å². The smallest absolute Gasteiger partial charge is 0.259 e. The third-order valence-electron chi connectivity index (χ3n) is 2.78. The summed E-state index contributed by atoms with van der Waals surface area (Å²) in [5.74, 6) is 0.345. The fourth-order valence-corrected chi connectivity index (χ4v) is 1.92. The molecule has 6 heteroatoms. The number of aryl methyl sites for hydroxylation is 2. The van der Waals surface area contributed by atoms with Gasteiger partial charge in [-0.05, 0) is 13.8 Å². The van der Waals surface area contributed by atoms with Gasteiger partial charge in [0.1, 0.15) is 11.3 Å². The van der Waals surface area contributed by atoms with Crippen LogP contribution in [0.4, 0.5) is 0 Å². The Morgan fingerprint density at radius 1 is 1.53 bits per heavy atom. The van der Waals surface area contributed by atoms with Gasteiger partial charge in [0.05, 0.1) is 25.0 Å². The number of carbonyl (C=O) groups excluding carboxylic acids is 1. The van der Waals surface area contributed by atoms with Gasteiger partial charge in [0.2, 0.25) is 0 Å². The third kappa shape index (κ3) is 2.48. The van der Waals surface area contributed by atoms with E-state index in [1.165, 1.54) is 0 Å². The summed E-state index contributed by atoms with van der Waals surface area (Å²) in [6, 6.07) is 0. The highest BCUT2D eigenvalue weighted by molar-refractivity contribution is 5.96. The molecule has 0 bridgehead atoms. The maximum Gasteiger partial charge on any atom is 0.259 e. The number of aromatic nitrogens is 1. The van der Waals surface area contributed by atoms with Crippen LogP contribution >= 0.6 is 0 Å². The molecule has 0 radical (unpaired) electrons. The molecule has 1 saturated heterocycles. The highest BCUT2D eigenvalue weighted by Gasteiger charge is 2.26. The number of nitrogens with zero attached hydrogens (tertiary/aromatic N) is 2. The summed E-state index contributed by atoms with van der Waals surface area (Å²) >= 11 is 0. The predicted octanol–water partition coefficient (Wildman–Crippen LogP) is 0.125. The van der Waals surface area contributed by atoms with E-state index in [1.807, 2.05) is 0 Å². The lowest BCUT2D eigenvalue weighted by Gasteiger charge is -2.21. The van der Waals surface area contributed by atoms with Crippen molar-refractivity contribution in [2.24, 2.45) is 0 Å². The third-order valence-corrected chi connectivity index (χ3v) is 2.78. The summed E-state index contributed by atoms with van der Waals surface area (Å²) in [5.41, 5.74) is 1.06. The Kier molecular flexibility index (Phi) is 3.44. The van der Waals surface area contributed by atoms with E-state index < -0.39 is 6.10 Å².